The van der Waals surface area contributed by atoms with Crippen molar-refractivity contribution in [1.82, 2.24) is 0 Å². The van der Waals surface area contributed by atoms with E-state index in [1.54, 1.807) is 6.07 Å². The summed E-state index contributed by atoms with van der Waals surface area (Å²) in [6, 6.07) is 7.26. The standard InChI is InChI=1S/C20H19F3N6O2S/c1-32(30,31)17-15(20(21,22)23)5-4-14(16(17)18-26-9-27-29-18)11-3-2-10-7-13(28-19(24)25)8-12(10)6-11/h2-6,13H,7-9H2,1H3,(H4,24,25,28). The van der Waals surface area contributed by atoms with Gasteiger partial charge < -0.3 is 11.5 Å². The highest BCUT2D eigenvalue weighted by Gasteiger charge is 2.39. The molecule has 1 atom stereocenters. The molecule has 32 heavy (non-hydrogen) atoms. The summed E-state index contributed by atoms with van der Waals surface area (Å²) in [7, 11) is -4.30. The van der Waals surface area contributed by atoms with Crippen molar-refractivity contribution in [3.63, 3.8) is 0 Å². The van der Waals surface area contributed by atoms with Crippen LogP contribution in [0.5, 0.6) is 0 Å². The van der Waals surface area contributed by atoms with Gasteiger partial charge in [0.25, 0.3) is 0 Å². The molecule has 8 nitrogen and oxygen atoms in total. The van der Waals surface area contributed by atoms with Crippen molar-refractivity contribution in [3.05, 3.63) is 52.6 Å². The first-order chi connectivity index (χ1) is 14.9. The molecule has 0 fully saturated rings. The van der Waals surface area contributed by atoms with Crippen LogP contribution in [-0.2, 0) is 28.9 Å². The second-order valence-electron chi connectivity index (χ2n) is 7.60. The van der Waals surface area contributed by atoms with E-state index in [0.29, 0.717) is 18.4 Å². The number of halogens is 3. The number of benzene rings is 2. The van der Waals surface area contributed by atoms with Crippen LogP contribution in [0.25, 0.3) is 11.1 Å². The van der Waals surface area contributed by atoms with Gasteiger partial charge in [-0.25, -0.2) is 18.4 Å². The maximum absolute atomic E-state index is 13.7. The van der Waals surface area contributed by atoms with Crippen LogP contribution in [0.15, 0.2) is 55.4 Å². The SMILES string of the molecule is CS(=O)(=O)c1c(C(F)(F)F)ccc(-c2ccc3c(c2)CC(N=C(N)N)C3)c1C1=NCN=N1. The van der Waals surface area contributed by atoms with Crippen molar-refractivity contribution in [3.8, 4) is 11.1 Å². The maximum Gasteiger partial charge on any atom is 0.417 e. The van der Waals surface area contributed by atoms with Crippen LogP contribution in [0, 0.1) is 0 Å². The van der Waals surface area contributed by atoms with Crippen LogP contribution < -0.4 is 11.5 Å². The van der Waals surface area contributed by atoms with Crippen LogP contribution >= 0.6 is 0 Å². The molecular formula is C20H19F3N6O2S. The Morgan fingerprint density at radius 3 is 2.44 bits per heavy atom. The summed E-state index contributed by atoms with van der Waals surface area (Å²) in [5.74, 6) is -0.166. The molecule has 12 heteroatoms. The molecular weight excluding hydrogens is 445 g/mol. The van der Waals surface area contributed by atoms with Crippen molar-refractivity contribution in [2.45, 2.75) is 30.0 Å². The number of hydrogen-bond acceptors (Lipinski definition) is 6. The van der Waals surface area contributed by atoms with E-state index in [4.69, 9.17) is 11.5 Å². The molecule has 1 unspecified atom stereocenters. The third kappa shape index (κ3) is 4.09. The lowest BCUT2D eigenvalue weighted by atomic mass is 9.94. The first-order valence-electron chi connectivity index (χ1n) is 9.52. The third-order valence-corrected chi connectivity index (χ3v) is 6.43. The number of aliphatic imine (C=N–C) groups is 2. The normalized spacial score (nSPS) is 17.9. The molecule has 168 valence electrons. The lowest BCUT2D eigenvalue weighted by Crippen LogP contribution is -2.25. The van der Waals surface area contributed by atoms with Crippen molar-refractivity contribution in [2.24, 2.45) is 31.7 Å². The third-order valence-electron chi connectivity index (χ3n) is 5.27. The molecule has 0 radical (unpaired) electrons. The van der Waals surface area contributed by atoms with E-state index >= 15 is 0 Å². The minimum atomic E-state index is -4.88. The van der Waals surface area contributed by atoms with Gasteiger partial charge in [0.2, 0.25) is 0 Å². The van der Waals surface area contributed by atoms with E-state index < -0.39 is 26.5 Å². The minimum absolute atomic E-state index is 0.0181. The van der Waals surface area contributed by atoms with Gasteiger partial charge in [-0.2, -0.15) is 18.3 Å². The number of amidine groups is 1. The predicted octanol–water partition coefficient (Wildman–Crippen LogP) is 2.69. The fourth-order valence-corrected chi connectivity index (χ4v) is 5.23. The van der Waals surface area contributed by atoms with Crippen molar-refractivity contribution < 1.29 is 21.6 Å². The number of nitrogens with two attached hydrogens (primary N) is 2. The molecule has 1 aliphatic carbocycles. The average molecular weight is 464 g/mol. The molecule has 2 aromatic rings. The second kappa shape index (κ2) is 7.69. The summed E-state index contributed by atoms with van der Waals surface area (Å²) in [5, 5.41) is 7.50. The van der Waals surface area contributed by atoms with Gasteiger partial charge >= 0.3 is 6.18 Å². The molecule has 0 bridgehead atoms. The van der Waals surface area contributed by atoms with Gasteiger partial charge in [0.05, 0.1) is 16.5 Å². The zero-order chi connectivity index (χ0) is 23.3. The fourth-order valence-electron chi connectivity index (χ4n) is 4.08. The molecule has 0 amide bonds. The van der Waals surface area contributed by atoms with Crippen LogP contribution in [-0.4, -0.2) is 39.2 Å². The van der Waals surface area contributed by atoms with Crippen molar-refractivity contribution >= 4 is 21.6 Å². The summed E-state index contributed by atoms with van der Waals surface area (Å²) in [6.07, 6.45) is -2.97. The monoisotopic (exact) mass is 464 g/mol. The molecule has 2 aliphatic rings. The van der Waals surface area contributed by atoms with Gasteiger partial charge in [-0.3, -0.25) is 0 Å². The molecule has 4 N–H and O–H groups in total. The van der Waals surface area contributed by atoms with Crippen molar-refractivity contribution in [2.75, 3.05) is 12.9 Å². The number of guanidine groups is 1. The first-order valence-corrected chi connectivity index (χ1v) is 11.4. The average Bonchev–Trinajstić information content (AvgIpc) is 3.33. The highest BCUT2D eigenvalue weighted by atomic mass is 32.2. The van der Waals surface area contributed by atoms with E-state index in [-0.39, 0.29) is 35.6 Å². The molecule has 1 aliphatic heterocycles. The molecule has 0 saturated heterocycles. The fraction of sp³-hybridized carbons (Fsp3) is 0.300. The molecule has 4 rings (SSSR count). The molecule has 2 aromatic carbocycles. The number of hydrogen-bond donors (Lipinski definition) is 2. The molecule has 1 heterocycles. The summed E-state index contributed by atoms with van der Waals surface area (Å²) in [4.78, 5) is 7.33. The lowest BCUT2D eigenvalue weighted by Gasteiger charge is -2.18. The maximum atomic E-state index is 13.7. The number of alkyl halides is 3. The van der Waals surface area contributed by atoms with Gasteiger partial charge in [-0.15, -0.1) is 5.11 Å². The number of azo groups is 1. The number of rotatable bonds is 4. The second-order valence-corrected chi connectivity index (χ2v) is 9.55. The Bertz CT molecular complexity index is 1300. The van der Waals surface area contributed by atoms with Crippen molar-refractivity contribution in [1.29, 1.82) is 0 Å². The minimum Gasteiger partial charge on any atom is -0.370 e. The number of sulfone groups is 1. The van der Waals surface area contributed by atoms with E-state index in [1.807, 2.05) is 12.1 Å². The van der Waals surface area contributed by atoms with Crippen LogP contribution in [0.2, 0.25) is 0 Å². The molecule has 0 aromatic heterocycles. The van der Waals surface area contributed by atoms with E-state index in [9.17, 15) is 21.6 Å². The van der Waals surface area contributed by atoms with Gasteiger partial charge in [-0.05, 0) is 41.2 Å². The van der Waals surface area contributed by atoms with Crippen LogP contribution in [0.1, 0.15) is 22.3 Å². The Balaban J connectivity index is 1.94. The number of nitrogens with zero attached hydrogens (tertiary/aromatic N) is 4. The smallest absolute Gasteiger partial charge is 0.370 e. The van der Waals surface area contributed by atoms with Crippen LogP contribution in [0.4, 0.5) is 13.2 Å². The van der Waals surface area contributed by atoms with Gasteiger partial charge in [0.1, 0.15) is 0 Å². The summed E-state index contributed by atoms with van der Waals surface area (Å²) < 4.78 is 66.2. The van der Waals surface area contributed by atoms with E-state index in [1.165, 1.54) is 6.07 Å². The Kier molecular flexibility index (Phi) is 5.27. The molecule has 0 saturated carbocycles. The highest BCUT2D eigenvalue weighted by Crippen LogP contribution is 2.41. The first kappa shape index (κ1) is 21.9. The zero-order valence-electron chi connectivity index (χ0n) is 16.9. The Morgan fingerprint density at radius 1 is 1.12 bits per heavy atom. The summed E-state index contributed by atoms with van der Waals surface area (Å²) in [5.41, 5.74) is 12.2. The Hall–Kier alpha value is -3.28. The van der Waals surface area contributed by atoms with Gasteiger partial charge in [0, 0.05) is 11.8 Å². The Labute approximate surface area is 181 Å². The van der Waals surface area contributed by atoms with E-state index in [2.05, 4.69) is 20.2 Å². The van der Waals surface area contributed by atoms with Crippen LogP contribution in [0.3, 0.4) is 0 Å². The summed E-state index contributed by atoms with van der Waals surface area (Å²) in [6.45, 7) is -0.0847. The Morgan fingerprint density at radius 2 is 1.84 bits per heavy atom. The van der Waals surface area contributed by atoms with Gasteiger partial charge in [-0.1, -0.05) is 24.3 Å². The number of fused-ring (bicyclic) bond motifs is 1. The topological polar surface area (TPSA) is 136 Å². The lowest BCUT2D eigenvalue weighted by molar-refractivity contribution is -0.139. The highest BCUT2D eigenvalue weighted by molar-refractivity contribution is 7.90. The zero-order valence-corrected chi connectivity index (χ0v) is 17.7. The van der Waals surface area contributed by atoms with Gasteiger partial charge in [0.15, 0.2) is 28.3 Å². The van der Waals surface area contributed by atoms with E-state index in [0.717, 1.165) is 23.4 Å². The largest absolute Gasteiger partial charge is 0.417 e. The predicted molar refractivity (Wildman–Crippen MR) is 113 cm³/mol. The summed E-state index contributed by atoms with van der Waals surface area (Å²) >= 11 is 0. The quantitative estimate of drug-likeness (QED) is 0.531. The molecule has 0 spiro atoms.